The zero-order chi connectivity index (χ0) is 16.4. The zero-order valence-electron chi connectivity index (χ0n) is 12.7. The summed E-state index contributed by atoms with van der Waals surface area (Å²) in [6.45, 7) is 4.13. The molecule has 1 heterocycles. The maximum atomic E-state index is 10.7. The Balaban J connectivity index is 1.93. The van der Waals surface area contributed by atoms with Gasteiger partial charge in [-0.15, -0.1) is 0 Å². The highest BCUT2D eigenvalue weighted by molar-refractivity contribution is 8.01. The van der Waals surface area contributed by atoms with Crippen LogP contribution in [0.1, 0.15) is 22.3 Å². The lowest BCUT2D eigenvalue weighted by molar-refractivity contribution is -0.384. The van der Waals surface area contributed by atoms with Crippen LogP contribution >= 0.6 is 11.9 Å². The molecule has 2 aromatic rings. The predicted molar refractivity (Wildman–Crippen MR) is 94.3 cm³/mol. The molecule has 0 aromatic heterocycles. The number of hydrogen-bond donors (Lipinski definition) is 1. The molecule has 0 aliphatic carbocycles. The van der Waals surface area contributed by atoms with Crippen LogP contribution in [0.3, 0.4) is 0 Å². The summed E-state index contributed by atoms with van der Waals surface area (Å²) in [4.78, 5) is 15.0. The van der Waals surface area contributed by atoms with Crippen LogP contribution in [-0.4, -0.2) is 10.8 Å². The number of hydrogen-bond acceptors (Lipinski definition) is 5. The van der Waals surface area contributed by atoms with Crippen LogP contribution in [-0.2, 0) is 0 Å². The molecule has 0 atom stereocenters. The van der Waals surface area contributed by atoms with E-state index in [0.717, 1.165) is 16.8 Å². The molecule has 0 bridgehead atoms. The van der Waals surface area contributed by atoms with Crippen molar-refractivity contribution in [1.29, 1.82) is 0 Å². The number of benzene rings is 2. The number of nitrogens with zero attached hydrogens (tertiary/aromatic N) is 2. The number of nitro groups is 1. The van der Waals surface area contributed by atoms with E-state index in [1.54, 1.807) is 12.1 Å². The SMILES string of the molecule is Cc1ccc(C2=CSNC(c3ccc([N+](=O)[O-])cc3)=N2)c(C)c1. The van der Waals surface area contributed by atoms with Gasteiger partial charge in [0.05, 0.1) is 10.6 Å². The van der Waals surface area contributed by atoms with Crippen LogP contribution < -0.4 is 4.72 Å². The van der Waals surface area contributed by atoms with Crippen molar-refractivity contribution < 1.29 is 4.92 Å². The van der Waals surface area contributed by atoms with Crippen LogP contribution in [0.2, 0.25) is 0 Å². The number of non-ortho nitro benzene ring substituents is 1. The lowest BCUT2D eigenvalue weighted by Crippen LogP contribution is -2.19. The Morgan fingerprint density at radius 3 is 2.52 bits per heavy atom. The monoisotopic (exact) mass is 325 g/mol. The van der Waals surface area contributed by atoms with E-state index in [1.807, 2.05) is 5.41 Å². The van der Waals surface area contributed by atoms with Crippen molar-refractivity contribution in [3.8, 4) is 0 Å². The third kappa shape index (κ3) is 3.27. The van der Waals surface area contributed by atoms with E-state index >= 15 is 0 Å². The highest BCUT2D eigenvalue weighted by atomic mass is 32.2. The van der Waals surface area contributed by atoms with Crippen LogP contribution in [0, 0.1) is 24.0 Å². The van der Waals surface area contributed by atoms with E-state index in [-0.39, 0.29) is 5.69 Å². The fourth-order valence-corrected chi connectivity index (χ4v) is 3.03. The van der Waals surface area contributed by atoms with Crippen LogP contribution in [0.15, 0.2) is 52.9 Å². The highest BCUT2D eigenvalue weighted by Crippen LogP contribution is 2.27. The Bertz CT molecular complexity index is 826. The summed E-state index contributed by atoms with van der Waals surface area (Å²) in [5.41, 5.74) is 5.25. The maximum Gasteiger partial charge on any atom is 0.269 e. The lowest BCUT2D eigenvalue weighted by atomic mass is 10.0. The predicted octanol–water partition coefficient (Wildman–Crippen LogP) is 4.21. The van der Waals surface area contributed by atoms with Crippen molar-refractivity contribution in [3.63, 3.8) is 0 Å². The van der Waals surface area contributed by atoms with Gasteiger partial charge in [-0.2, -0.15) is 0 Å². The average molecular weight is 325 g/mol. The number of nitrogens with one attached hydrogen (secondary N) is 1. The second kappa shape index (κ2) is 6.26. The first-order valence-corrected chi connectivity index (χ1v) is 7.95. The summed E-state index contributed by atoms with van der Waals surface area (Å²) in [5, 5.41) is 12.7. The van der Waals surface area contributed by atoms with E-state index < -0.39 is 4.92 Å². The quantitative estimate of drug-likeness (QED) is 0.521. The Morgan fingerprint density at radius 2 is 1.87 bits per heavy atom. The van der Waals surface area contributed by atoms with Crippen LogP contribution in [0.4, 0.5) is 5.69 Å². The van der Waals surface area contributed by atoms with Crippen molar-refractivity contribution in [3.05, 3.63) is 80.2 Å². The highest BCUT2D eigenvalue weighted by Gasteiger charge is 2.14. The fourth-order valence-electron chi connectivity index (χ4n) is 2.40. The molecule has 116 valence electrons. The molecule has 1 N–H and O–H groups in total. The second-order valence-electron chi connectivity index (χ2n) is 5.31. The van der Waals surface area contributed by atoms with E-state index in [9.17, 15) is 10.1 Å². The van der Waals surface area contributed by atoms with Crippen LogP contribution in [0.5, 0.6) is 0 Å². The fraction of sp³-hybridized carbons (Fsp3) is 0.118. The number of nitro benzene ring substituents is 1. The molecule has 23 heavy (non-hydrogen) atoms. The van der Waals surface area contributed by atoms with Gasteiger partial charge < -0.3 is 4.72 Å². The zero-order valence-corrected chi connectivity index (χ0v) is 13.6. The molecule has 0 saturated carbocycles. The van der Waals surface area contributed by atoms with Crippen LogP contribution in [0.25, 0.3) is 5.70 Å². The normalized spacial score (nSPS) is 13.8. The van der Waals surface area contributed by atoms with Crippen molar-refractivity contribution >= 4 is 29.2 Å². The van der Waals surface area contributed by atoms with Gasteiger partial charge in [0.15, 0.2) is 0 Å². The Labute approximate surface area is 138 Å². The van der Waals surface area contributed by atoms with Crippen molar-refractivity contribution in [2.45, 2.75) is 13.8 Å². The molecular formula is C17H15N3O2S. The molecule has 2 aromatic carbocycles. The molecule has 1 aliphatic rings. The van der Waals surface area contributed by atoms with Crippen molar-refractivity contribution in [2.24, 2.45) is 4.99 Å². The lowest BCUT2D eigenvalue weighted by Gasteiger charge is -2.16. The molecule has 0 fully saturated rings. The number of rotatable bonds is 3. The average Bonchev–Trinajstić information content (AvgIpc) is 2.55. The van der Waals surface area contributed by atoms with Crippen molar-refractivity contribution in [1.82, 2.24) is 4.72 Å². The first-order valence-electron chi connectivity index (χ1n) is 7.07. The summed E-state index contributed by atoms with van der Waals surface area (Å²) in [6, 6.07) is 12.6. The number of aliphatic imine (C=N–C) groups is 1. The van der Waals surface area contributed by atoms with Crippen molar-refractivity contribution in [2.75, 3.05) is 0 Å². The Hall–Kier alpha value is -2.60. The third-order valence-electron chi connectivity index (χ3n) is 3.57. The standard InChI is InChI=1S/C17H15N3O2S/c1-11-3-8-15(12(2)9-11)16-10-23-19-17(18-16)13-4-6-14(7-5-13)20(21)22/h3-10H,1-2H3,(H,18,19). The molecule has 0 spiro atoms. The number of amidine groups is 1. The van der Waals surface area contributed by atoms with Gasteiger partial charge >= 0.3 is 0 Å². The molecule has 0 amide bonds. The molecule has 3 rings (SSSR count). The molecule has 0 unspecified atom stereocenters. The summed E-state index contributed by atoms with van der Waals surface area (Å²) in [6.07, 6.45) is 0. The molecule has 5 nitrogen and oxygen atoms in total. The smallest absolute Gasteiger partial charge is 0.269 e. The van der Waals surface area contributed by atoms with Gasteiger partial charge in [0.2, 0.25) is 0 Å². The second-order valence-corrected chi connectivity index (χ2v) is 5.98. The largest absolute Gasteiger partial charge is 0.310 e. The van der Waals surface area contributed by atoms with Gasteiger partial charge in [-0.3, -0.25) is 10.1 Å². The summed E-state index contributed by atoms with van der Waals surface area (Å²) in [7, 11) is 0. The first kappa shape index (κ1) is 15.3. The van der Waals surface area contributed by atoms with Gasteiger partial charge in [-0.05, 0) is 43.5 Å². The minimum atomic E-state index is -0.407. The minimum absolute atomic E-state index is 0.0722. The molecule has 6 heteroatoms. The van der Waals surface area contributed by atoms with Gasteiger partial charge in [0.1, 0.15) is 5.84 Å². The van der Waals surface area contributed by atoms with E-state index in [4.69, 9.17) is 0 Å². The molecular weight excluding hydrogens is 310 g/mol. The molecule has 0 saturated heterocycles. The van der Waals surface area contributed by atoms with E-state index in [1.165, 1.54) is 35.2 Å². The molecule has 1 aliphatic heterocycles. The van der Waals surface area contributed by atoms with Gasteiger partial charge in [-0.25, -0.2) is 4.99 Å². The minimum Gasteiger partial charge on any atom is -0.310 e. The Morgan fingerprint density at radius 1 is 1.13 bits per heavy atom. The summed E-state index contributed by atoms with van der Waals surface area (Å²) < 4.78 is 3.14. The van der Waals surface area contributed by atoms with Gasteiger partial charge in [0.25, 0.3) is 5.69 Å². The summed E-state index contributed by atoms with van der Waals surface area (Å²) in [5.74, 6) is 0.697. The topological polar surface area (TPSA) is 67.5 Å². The maximum absolute atomic E-state index is 10.7. The third-order valence-corrected chi connectivity index (χ3v) is 4.22. The molecule has 0 radical (unpaired) electrons. The van der Waals surface area contributed by atoms with E-state index in [0.29, 0.717) is 5.84 Å². The van der Waals surface area contributed by atoms with E-state index in [2.05, 4.69) is 41.8 Å². The Kier molecular flexibility index (Phi) is 4.16. The first-order chi connectivity index (χ1) is 11.0. The number of aryl methyl sites for hydroxylation is 2. The van der Waals surface area contributed by atoms with Gasteiger partial charge in [0, 0.05) is 28.7 Å². The van der Waals surface area contributed by atoms with Gasteiger partial charge in [-0.1, -0.05) is 23.8 Å². The summed E-state index contributed by atoms with van der Waals surface area (Å²) >= 11 is 1.45.